The summed E-state index contributed by atoms with van der Waals surface area (Å²) in [4.78, 5) is 27.0. The number of hydrogen-bond donors (Lipinski definition) is 2. The Balaban J connectivity index is 1.71. The third-order valence-electron chi connectivity index (χ3n) is 4.84. The van der Waals surface area contributed by atoms with E-state index in [9.17, 15) is 19.1 Å². The molecule has 0 radical (unpaired) electrons. The zero-order chi connectivity index (χ0) is 19.6. The third-order valence-corrected chi connectivity index (χ3v) is 4.84. The smallest absolute Gasteiger partial charge is 0.407 e. The van der Waals surface area contributed by atoms with Crippen LogP contribution in [0, 0.1) is 5.82 Å². The SMILES string of the molecule is CC1CN(Cc2ccn(Cc3ccc(F)cc3)c(=O)c2O)CCN1C(=O)O. The van der Waals surface area contributed by atoms with Crippen LogP contribution in [0.3, 0.4) is 0 Å². The number of amides is 1. The highest BCUT2D eigenvalue weighted by molar-refractivity contribution is 5.65. The molecule has 2 heterocycles. The summed E-state index contributed by atoms with van der Waals surface area (Å²) < 4.78 is 14.4. The fourth-order valence-corrected chi connectivity index (χ4v) is 3.34. The molecule has 1 aliphatic rings. The van der Waals surface area contributed by atoms with Crippen molar-refractivity contribution in [2.24, 2.45) is 0 Å². The maximum atomic E-state index is 13.0. The molecule has 1 unspecified atom stereocenters. The van der Waals surface area contributed by atoms with Gasteiger partial charge in [0.2, 0.25) is 0 Å². The van der Waals surface area contributed by atoms with E-state index in [0.717, 1.165) is 5.56 Å². The van der Waals surface area contributed by atoms with E-state index < -0.39 is 11.7 Å². The third kappa shape index (κ3) is 4.28. The molecule has 0 aliphatic carbocycles. The van der Waals surface area contributed by atoms with E-state index in [1.807, 2.05) is 11.8 Å². The number of piperazine rings is 1. The Labute approximate surface area is 155 Å². The maximum Gasteiger partial charge on any atom is 0.407 e. The summed E-state index contributed by atoms with van der Waals surface area (Å²) >= 11 is 0. The van der Waals surface area contributed by atoms with Gasteiger partial charge in [-0.1, -0.05) is 12.1 Å². The summed E-state index contributed by atoms with van der Waals surface area (Å²) in [5.74, 6) is -0.658. The lowest BCUT2D eigenvalue weighted by Gasteiger charge is -2.38. The Morgan fingerprint density at radius 1 is 1.19 bits per heavy atom. The summed E-state index contributed by atoms with van der Waals surface area (Å²) in [5.41, 5.74) is 0.754. The van der Waals surface area contributed by atoms with Crippen LogP contribution >= 0.6 is 0 Å². The van der Waals surface area contributed by atoms with Crippen LogP contribution in [-0.2, 0) is 13.1 Å². The largest absolute Gasteiger partial charge is 0.503 e. The number of aromatic hydroxyl groups is 1. The second-order valence-corrected chi connectivity index (χ2v) is 6.81. The standard InChI is InChI=1S/C19H22FN3O4/c1-13-10-21(8-9-23(13)19(26)27)12-15-6-7-22(18(25)17(15)24)11-14-2-4-16(20)5-3-14/h2-7,13,24H,8-12H2,1H3,(H,26,27). The van der Waals surface area contributed by atoms with Crippen molar-refractivity contribution >= 4 is 6.09 Å². The van der Waals surface area contributed by atoms with E-state index in [-0.39, 0.29) is 24.2 Å². The van der Waals surface area contributed by atoms with Crippen molar-refractivity contribution in [3.8, 4) is 5.75 Å². The minimum atomic E-state index is -0.937. The molecule has 144 valence electrons. The van der Waals surface area contributed by atoms with Gasteiger partial charge in [0.1, 0.15) is 5.82 Å². The van der Waals surface area contributed by atoms with Gasteiger partial charge in [0, 0.05) is 44.0 Å². The van der Waals surface area contributed by atoms with E-state index in [2.05, 4.69) is 0 Å². The van der Waals surface area contributed by atoms with Gasteiger partial charge < -0.3 is 19.7 Å². The summed E-state index contributed by atoms with van der Waals surface area (Å²) in [6, 6.07) is 7.37. The fourth-order valence-electron chi connectivity index (χ4n) is 3.34. The average molecular weight is 375 g/mol. The number of nitrogens with zero attached hydrogens (tertiary/aromatic N) is 3. The highest BCUT2D eigenvalue weighted by Crippen LogP contribution is 2.18. The molecular formula is C19H22FN3O4. The first-order chi connectivity index (χ1) is 12.8. The van der Waals surface area contributed by atoms with Gasteiger partial charge in [0.05, 0.1) is 6.54 Å². The minimum absolute atomic E-state index is 0.155. The van der Waals surface area contributed by atoms with Crippen molar-refractivity contribution < 1.29 is 19.4 Å². The first kappa shape index (κ1) is 18.9. The van der Waals surface area contributed by atoms with Gasteiger partial charge in [-0.3, -0.25) is 9.69 Å². The van der Waals surface area contributed by atoms with Crippen LogP contribution in [0.5, 0.6) is 5.75 Å². The Kier molecular flexibility index (Phi) is 5.46. The summed E-state index contributed by atoms with van der Waals surface area (Å²) in [5, 5.41) is 19.4. The molecule has 0 saturated carbocycles. The van der Waals surface area contributed by atoms with Crippen LogP contribution in [0.4, 0.5) is 9.18 Å². The number of halogens is 1. The molecule has 1 saturated heterocycles. The highest BCUT2D eigenvalue weighted by Gasteiger charge is 2.27. The zero-order valence-electron chi connectivity index (χ0n) is 15.0. The van der Waals surface area contributed by atoms with Crippen LogP contribution in [0.25, 0.3) is 0 Å². The number of carbonyl (C=O) groups is 1. The molecule has 0 spiro atoms. The number of benzene rings is 1. The molecule has 8 heteroatoms. The molecule has 1 amide bonds. The first-order valence-electron chi connectivity index (χ1n) is 8.73. The van der Waals surface area contributed by atoms with E-state index in [1.165, 1.54) is 21.6 Å². The molecule has 2 N–H and O–H groups in total. The van der Waals surface area contributed by atoms with Gasteiger partial charge in [-0.05, 0) is 30.7 Å². The van der Waals surface area contributed by atoms with Crippen molar-refractivity contribution in [2.75, 3.05) is 19.6 Å². The second-order valence-electron chi connectivity index (χ2n) is 6.81. The molecule has 1 aromatic carbocycles. The Morgan fingerprint density at radius 2 is 1.89 bits per heavy atom. The lowest BCUT2D eigenvalue weighted by Crippen LogP contribution is -2.53. The zero-order valence-corrected chi connectivity index (χ0v) is 15.0. The topological polar surface area (TPSA) is 86.0 Å². The van der Waals surface area contributed by atoms with Crippen LogP contribution in [0.2, 0.25) is 0 Å². The number of pyridine rings is 1. The normalized spacial score (nSPS) is 17.9. The van der Waals surface area contributed by atoms with Crippen LogP contribution in [0.15, 0.2) is 41.3 Å². The van der Waals surface area contributed by atoms with Crippen LogP contribution < -0.4 is 5.56 Å². The molecule has 2 aromatic rings. The summed E-state index contributed by atoms with van der Waals surface area (Å²) in [7, 11) is 0. The number of aromatic nitrogens is 1. The predicted molar refractivity (Wildman–Crippen MR) is 97.3 cm³/mol. The molecule has 1 aromatic heterocycles. The molecule has 7 nitrogen and oxygen atoms in total. The molecule has 0 bridgehead atoms. The average Bonchev–Trinajstić information content (AvgIpc) is 2.63. The van der Waals surface area contributed by atoms with Crippen molar-refractivity contribution in [2.45, 2.75) is 26.1 Å². The van der Waals surface area contributed by atoms with Crippen molar-refractivity contribution in [3.05, 3.63) is 63.8 Å². The second kappa shape index (κ2) is 7.79. The van der Waals surface area contributed by atoms with Crippen molar-refractivity contribution in [3.63, 3.8) is 0 Å². The van der Waals surface area contributed by atoms with Gasteiger partial charge in [-0.15, -0.1) is 0 Å². The monoisotopic (exact) mass is 375 g/mol. The van der Waals surface area contributed by atoms with E-state index in [0.29, 0.717) is 31.7 Å². The minimum Gasteiger partial charge on any atom is -0.503 e. The van der Waals surface area contributed by atoms with Crippen LogP contribution in [-0.4, -0.2) is 56.3 Å². The van der Waals surface area contributed by atoms with Gasteiger partial charge in [-0.2, -0.15) is 0 Å². The number of hydrogen-bond acceptors (Lipinski definition) is 4. The summed E-state index contributed by atoms with van der Waals surface area (Å²) in [6.07, 6.45) is 0.672. The van der Waals surface area contributed by atoms with Gasteiger partial charge in [0.25, 0.3) is 5.56 Å². The van der Waals surface area contributed by atoms with Crippen LogP contribution in [0.1, 0.15) is 18.1 Å². The van der Waals surface area contributed by atoms with E-state index in [1.54, 1.807) is 24.4 Å². The predicted octanol–water partition coefficient (Wildman–Crippen LogP) is 1.93. The van der Waals surface area contributed by atoms with Gasteiger partial charge >= 0.3 is 6.09 Å². The maximum absolute atomic E-state index is 13.0. The molecule has 27 heavy (non-hydrogen) atoms. The van der Waals surface area contributed by atoms with Gasteiger partial charge in [0.15, 0.2) is 5.75 Å². The lowest BCUT2D eigenvalue weighted by atomic mass is 10.1. The first-order valence-corrected chi connectivity index (χ1v) is 8.73. The Hall–Kier alpha value is -2.87. The summed E-state index contributed by atoms with van der Waals surface area (Å²) in [6.45, 7) is 3.90. The molecular weight excluding hydrogens is 353 g/mol. The van der Waals surface area contributed by atoms with Gasteiger partial charge in [-0.25, -0.2) is 9.18 Å². The Bertz CT molecular complexity index is 882. The number of rotatable bonds is 4. The fraction of sp³-hybridized carbons (Fsp3) is 0.368. The Morgan fingerprint density at radius 3 is 2.52 bits per heavy atom. The highest BCUT2D eigenvalue weighted by atomic mass is 19.1. The molecule has 1 aliphatic heterocycles. The lowest BCUT2D eigenvalue weighted by molar-refractivity contribution is 0.0707. The molecule has 1 atom stereocenters. The molecule has 1 fully saturated rings. The number of carboxylic acid groups (broad SMARTS) is 1. The van der Waals surface area contributed by atoms with E-state index in [4.69, 9.17) is 5.11 Å². The van der Waals surface area contributed by atoms with Crippen molar-refractivity contribution in [1.29, 1.82) is 0 Å². The quantitative estimate of drug-likeness (QED) is 0.853. The van der Waals surface area contributed by atoms with Crippen molar-refractivity contribution in [1.82, 2.24) is 14.4 Å². The molecule has 3 rings (SSSR count). The van der Waals surface area contributed by atoms with E-state index >= 15 is 0 Å².